The van der Waals surface area contributed by atoms with Crippen LogP contribution in [0, 0.1) is 0 Å². The molecular formula is C33H40ClN3O5S. The van der Waals surface area contributed by atoms with E-state index in [2.05, 4.69) is 12.2 Å². The molecule has 0 radical (unpaired) electrons. The maximum atomic E-state index is 13.7. The molecule has 8 nitrogen and oxygen atoms in total. The molecule has 10 heteroatoms. The highest BCUT2D eigenvalue weighted by Crippen LogP contribution is 2.42. The largest absolute Gasteiger partial charge is 0.496 e. The van der Waals surface area contributed by atoms with Gasteiger partial charge in [0.2, 0.25) is 0 Å². The second-order valence-corrected chi connectivity index (χ2v) is 11.7. The molecule has 4 rings (SSSR count). The standard InChI is InChI=1S/C33H40ClN3O5S/c1-5-7-8-9-10-11-16-29-31(23-20-28(41-4)24(34)21-27(23)40-3)35-33(43-29)36-32(39)26-19-22-14-12-13-15-25(22)37(26)18-17-30(38)42-6-2/h12-15,19-21H,5-11,16-18H2,1-4H3,(H,35,36,39). The van der Waals surface area contributed by atoms with E-state index in [1.165, 1.54) is 37.0 Å². The van der Waals surface area contributed by atoms with Crippen molar-refractivity contribution >= 4 is 50.8 Å². The van der Waals surface area contributed by atoms with Crippen molar-refractivity contribution in [3.05, 3.63) is 58.1 Å². The van der Waals surface area contributed by atoms with E-state index in [4.69, 9.17) is 30.8 Å². The smallest absolute Gasteiger partial charge is 0.307 e. The van der Waals surface area contributed by atoms with Crippen LogP contribution < -0.4 is 14.8 Å². The van der Waals surface area contributed by atoms with Crippen molar-refractivity contribution in [3.63, 3.8) is 0 Å². The SMILES string of the molecule is CCCCCCCCc1sc(NC(=O)c2cc3ccccc3n2CCC(=O)OCC)nc1-c1cc(OC)c(Cl)cc1OC. The number of fused-ring (bicyclic) bond motifs is 1. The number of nitrogens with zero attached hydrogens (tertiary/aromatic N) is 2. The Bertz CT molecular complexity index is 1550. The molecule has 2 aromatic carbocycles. The first-order chi connectivity index (χ1) is 20.9. The van der Waals surface area contributed by atoms with Crippen LogP contribution in [0.5, 0.6) is 11.5 Å². The molecule has 0 atom stereocenters. The third-order valence-electron chi connectivity index (χ3n) is 7.29. The third-order valence-corrected chi connectivity index (χ3v) is 8.62. The summed E-state index contributed by atoms with van der Waals surface area (Å²) in [5, 5.41) is 4.88. The molecule has 1 amide bonds. The molecule has 0 aliphatic heterocycles. The minimum Gasteiger partial charge on any atom is -0.496 e. The van der Waals surface area contributed by atoms with E-state index in [9.17, 15) is 9.59 Å². The second-order valence-electron chi connectivity index (χ2n) is 10.2. The number of esters is 1. The van der Waals surface area contributed by atoms with E-state index in [0.29, 0.717) is 40.5 Å². The lowest BCUT2D eigenvalue weighted by Gasteiger charge is -2.12. The number of unbranched alkanes of at least 4 members (excludes halogenated alkanes) is 5. The van der Waals surface area contributed by atoms with E-state index >= 15 is 0 Å². The molecule has 0 saturated carbocycles. The number of para-hydroxylation sites is 1. The van der Waals surface area contributed by atoms with Gasteiger partial charge < -0.3 is 18.8 Å². The normalized spacial score (nSPS) is 11.1. The highest BCUT2D eigenvalue weighted by atomic mass is 35.5. The van der Waals surface area contributed by atoms with Gasteiger partial charge in [-0.2, -0.15) is 0 Å². The van der Waals surface area contributed by atoms with Crippen molar-refractivity contribution < 1.29 is 23.8 Å². The fourth-order valence-electron chi connectivity index (χ4n) is 5.13. The minimum atomic E-state index is -0.303. The summed E-state index contributed by atoms with van der Waals surface area (Å²) >= 11 is 7.86. The summed E-state index contributed by atoms with van der Waals surface area (Å²) in [4.78, 5) is 31.8. The summed E-state index contributed by atoms with van der Waals surface area (Å²) in [5.74, 6) is 0.500. The summed E-state index contributed by atoms with van der Waals surface area (Å²) in [5.41, 5.74) is 2.82. The summed E-state index contributed by atoms with van der Waals surface area (Å²) in [6.07, 6.45) is 8.02. The quantitative estimate of drug-likeness (QED) is 0.0991. The van der Waals surface area contributed by atoms with Crippen LogP contribution in [-0.4, -0.2) is 42.3 Å². The van der Waals surface area contributed by atoms with E-state index in [-0.39, 0.29) is 18.3 Å². The maximum Gasteiger partial charge on any atom is 0.307 e. The Morgan fingerprint density at radius 2 is 1.72 bits per heavy atom. The molecule has 2 aromatic heterocycles. The zero-order valence-corrected chi connectivity index (χ0v) is 26.9. The number of amides is 1. The number of ether oxygens (including phenoxy) is 3. The Morgan fingerprint density at radius 3 is 2.47 bits per heavy atom. The van der Waals surface area contributed by atoms with Crippen LogP contribution in [0.15, 0.2) is 42.5 Å². The lowest BCUT2D eigenvalue weighted by Crippen LogP contribution is -2.18. The van der Waals surface area contributed by atoms with Crippen LogP contribution >= 0.6 is 22.9 Å². The summed E-state index contributed by atoms with van der Waals surface area (Å²) in [7, 11) is 3.17. The number of hydrogen-bond acceptors (Lipinski definition) is 7. The molecule has 43 heavy (non-hydrogen) atoms. The molecule has 0 aliphatic carbocycles. The van der Waals surface area contributed by atoms with Crippen LogP contribution in [0.25, 0.3) is 22.2 Å². The molecule has 0 fully saturated rings. The van der Waals surface area contributed by atoms with E-state index in [1.807, 2.05) is 41.0 Å². The van der Waals surface area contributed by atoms with E-state index < -0.39 is 0 Å². The van der Waals surface area contributed by atoms with Crippen molar-refractivity contribution in [1.82, 2.24) is 9.55 Å². The number of carbonyl (C=O) groups is 2. The minimum absolute atomic E-state index is 0.162. The lowest BCUT2D eigenvalue weighted by atomic mass is 10.0. The first kappa shape index (κ1) is 32.4. The average Bonchev–Trinajstić information content (AvgIpc) is 3.58. The van der Waals surface area contributed by atoms with Gasteiger partial charge in [0.1, 0.15) is 17.2 Å². The van der Waals surface area contributed by atoms with Crippen LogP contribution in [0.4, 0.5) is 5.13 Å². The first-order valence-corrected chi connectivity index (χ1v) is 16.1. The third kappa shape index (κ3) is 8.09. The molecule has 2 heterocycles. The predicted molar refractivity (Wildman–Crippen MR) is 174 cm³/mol. The number of methoxy groups -OCH3 is 2. The number of hydrogen-bond donors (Lipinski definition) is 1. The fourth-order valence-corrected chi connectivity index (χ4v) is 6.38. The molecule has 0 spiro atoms. The van der Waals surface area contributed by atoms with Crippen molar-refractivity contribution in [2.75, 3.05) is 26.1 Å². The summed E-state index contributed by atoms with van der Waals surface area (Å²) in [6, 6.07) is 13.1. The van der Waals surface area contributed by atoms with E-state index in [0.717, 1.165) is 46.3 Å². The summed E-state index contributed by atoms with van der Waals surface area (Å²) < 4.78 is 18.1. The highest BCUT2D eigenvalue weighted by Gasteiger charge is 2.22. The number of carbonyl (C=O) groups excluding carboxylic acids is 2. The maximum absolute atomic E-state index is 13.7. The second kappa shape index (κ2) is 15.8. The fraction of sp³-hybridized carbons (Fsp3) is 0.424. The zero-order chi connectivity index (χ0) is 30.8. The van der Waals surface area contributed by atoms with Crippen molar-refractivity contribution in [2.45, 2.75) is 71.8 Å². The molecule has 0 bridgehead atoms. The topological polar surface area (TPSA) is 91.7 Å². The molecule has 4 aromatic rings. The molecule has 1 N–H and O–H groups in total. The van der Waals surface area contributed by atoms with Gasteiger partial charge in [0.25, 0.3) is 5.91 Å². The molecule has 0 saturated heterocycles. The van der Waals surface area contributed by atoms with Gasteiger partial charge in [-0.15, -0.1) is 11.3 Å². The van der Waals surface area contributed by atoms with Crippen molar-refractivity contribution in [3.8, 4) is 22.8 Å². The number of halogens is 1. The molecule has 0 unspecified atom stereocenters. The Balaban J connectivity index is 1.65. The zero-order valence-electron chi connectivity index (χ0n) is 25.3. The van der Waals surface area contributed by atoms with Gasteiger partial charge in [0.15, 0.2) is 5.13 Å². The number of nitrogens with one attached hydrogen (secondary N) is 1. The van der Waals surface area contributed by atoms with Gasteiger partial charge in [-0.25, -0.2) is 4.98 Å². The van der Waals surface area contributed by atoms with Gasteiger partial charge >= 0.3 is 5.97 Å². The van der Waals surface area contributed by atoms with Crippen LogP contribution in [0.1, 0.15) is 74.2 Å². The first-order valence-electron chi connectivity index (χ1n) is 14.9. The Morgan fingerprint density at radius 1 is 0.977 bits per heavy atom. The summed E-state index contributed by atoms with van der Waals surface area (Å²) in [6.45, 7) is 4.63. The van der Waals surface area contributed by atoms with Crippen LogP contribution in [0.2, 0.25) is 5.02 Å². The van der Waals surface area contributed by atoms with Gasteiger partial charge in [-0.3, -0.25) is 14.9 Å². The Labute approximate surface area is 262 Å². The van der Waals surface area contributed by atoms with Crippen LogP contribution in [-0.2, 0) is 22.5 Å². The highest BCUT2D eigenvalue weighted by molar-refractivity contribution is 7.16. The Hall–Kier alpha value is -3.56. The average molecular weight is 626 g/mol. The molecule has 230 valence electrons. The number of aryl methyl sites for hydroxylation is 2. The predicted octanol–water partition coefficient (Wildman–Crippen LogP) is 8.54. The number of benzene rings is 2. The van der Waals surface area contributed by atoms with Crippen LogP contribution in [0.3, 0.4) is 0 Å². The van der Waals surface area contributed by atoms with Gasteiger partial charge in [0, 0.05) is 34.0 Å². The number of rotatable bonds is 16. The number of anilines is 1. The van der Waals surface area contributed by atoms with Gasteiger partial charge in [-0.05, 0) is 38.0 Å². The van der Waals surface area contributed by atoms with Gasteiger partial charge in [0.05, 0.1) is 38.0 Å². The number of thiazole rings is 1. The lowest BCUT2D eigenvalue weighted by molar-refractivity contribution is -0.143. The molecular weight excluding hydrogens is 586 g/mol. The van der Waals surface area contributed by atoms with E-state index in [1.54, 1.807) is 27.2 Å². The van der Waals surface area contributed by atoms with Gasteiger partial charge in [-0.1, -0.05) is 68.8 Å². The number of aromatic nitrogens is 2. The van der Waals surface area contributed by atoms with Crippen molar-refractivity contribution in [2.24, 2.45) is 0 Å². The van der Waals surface area contributed by atoms with Crippen molar-refractivity contribution in [1.29, 1.82) is 0 Å². The monoisotopic (exact) mass is 625 g/mol. The molecule has 0 aliphatic rings. The Kier molecular flexibility index (Phi) is 11.9.